The van der Waals surface area contributed by atoms with Crippen LogP contribution >= 0.6 is 0 Å². The summed E-state index contributed by atoms with van der Waals surface area (Å²) in [7, 11) is 0. The second-order valence-corrected chi connectivity index (χ2v) is 8.19. The van der Waals surface area contributed by atoms with Gasteiger partial charge in [0.2, 0.25) is 5.91 Å². The van der Waals surface area contributed by atoms with Crippen LogP contribution in [0.2, 0.25) is 0 Å². The van der Waals surface area contributed by atoms with Crippen molar-refractivity contribution in [3.05, 3.63) is 101 Å². The van der Waals surface area contributed by atoms with E-state index >= 15 is 0 Å². The zero-order chi connectivity index (χ0) is 20.0. The highest BCUT2D eigenvalue weighted by Crippen LogP contribution is 2.48. The molecule has 0 bridgehead atoms. The minimum absolute atomic E-state index is 0.0128. The summed E-state index contributed by atoms with van der Waals surface area (Å²) in [6, 6.07) is 26.7. The Balaban J connectivity index is 1.62. The van der Waals surface area contributed by atoms with Gasteiger partial charge in [-0.1, -0.05) is 54.1 Å². The molecule has 0 aromatic heterocycles. The summed E-state index contributed by atoms with van der Waals surface area (Å²) in [5, 5.41) is 9.42. The van der Waals surface area contributed by atoms with Gasteiger partial charge in [0.25, 0.3) is 0 Å². The molecule has 0 saturated carbocycles. The number of anilines is 1. The molecule has 5 rings (SSSR count). The molecule has 0 radical (unpaired) electrons. The van der Waals surface area contributed by atoms with Gasteiger partial charge in [0, 0.05) is 18.2 Å². The molecule has 1 fully saturated rings. The molecule has 3 nitrogen and oxygen atoms in total. The van der Waals surface area contributed by atoms with E-state index in [2.05, 4.69) is 43.3 Å². The third-order valence-electron chi connectivity index (χ3n) is 6.43. The van der Waals surface area contributed by atoms with E-state index in [0.29, 0.717) is 5.56 Å². The Morgan fingerprint density at radius 2 is 1.76 bits per heavy atom. The van der Waals surface area contributed by atoms with E-state index in [1.54, 1.807) is 0 Å². The van der Waals surface area contributed by atoms with E-state index in [9.17, 15) is 10.1 Å². The first-order chi connectivity index (χ1) is 14.2. The van der Waals surface area contributed by atoms with Crippen LogP contribution in [0.4, 0.5) is 5.69 Å². The lowest BCUT2D eigenvalue weighted by molar-refractivity contribution is -0.121. The van der Waals surface area contributed by atoms with Crippen molar-refractivity contribution in [3.63, 3.8) is 0 Å². The maximum atomic E-state index is 13.6. The Kier molecular flexibility index (Phi) is 4.21. The molecule has 1 aliphatic heterocycles. The predicted molar refractivity (Wildman–Crippen MR) is 114 cm³/mol. The minimum atomic E-state index is -0.0971. The SMILES string of the molecule is Cc1ccc(N2C[C@H]3Cc4ccc(C#N)cc4[C@@H](c4ccccc4)[C@@H]3C2=O)cc1. The molecule has 1 amide bonds. The Morgan fingerprint density at radius 1 is 1.00 bits per heavy atom. The van der Waals surface area contributed by atoms with Gasteiger partial charge < -0.3 is 4.90 Å². The minimum Gasteiger partial charge on any atom is -0.312 e. The number of nitriles is 1. The maximum Gasteiger partial charge on any atom is 0.231 e. The van der Waals surface area contributed by atoms with E-state index < -0.39 is 0 Å². The first kappa shape index (κ1) is 17.7. The maximum absolute atomic E-state index is 13.6. The average molecular weight is 378 g/mol. The molecule has 3 heteroatoms. The largest absolute Gasteiger partial charge is 0.312 e. The number of aryl methyl sites for hydroxylation is 1. The highest BCUT2D eigenvalue weighted by atomic mass is 16.2. The van der Waals surface area contributed by atoms with Crippen molar-refractivity contribution in [1.82, 2.24) is 0 Å². The van der Waals surface area contributed by atoms with Gasteiger partial charge in [0.15, 0.2) is 0 Å². The summed E-state index contributed by atoms with van der Waals surface area (Å²) in [5.41, 5.74) is 6.37. The molecule has 3 aromatic rings. The number of carbonyl (C=O) groups excluding carboxylic acids is 1. The zero-order valence-corrected chi connectivity index (χ0v) is 16.4. The van der Waals surface area contributed by atoms with Crippen molar-refractivity contribution < 1.29 is 4.79 Å². The molecule has 2 aliphatic rings. The van der Waals surface area contributed by atoms with Crippen molar-refractivity contribution in [2.45, 2.75) is 19.3 Å². The molecule has 3 aromatic carbocycles. The van der Waals surface area contributed by atoms with Crippen molar-refractivity contribution in [1.29, 1.82) is 5.26 Å². The Morgan fingerprint density at radius 3 is 2.48 bits per heavy atom. The fourth-order valence-electron chi connectivity index (χ4n) is 5.05. The Hall–Kier alpha value is -3.38. The lowest BCUT2D eigenvalue weighted by atomic mass is 9.67. The van der Waals surface area contributed by atoms with Crippen LogP contribution in [-0.2, 0) is 11.2 Å². The molecule has 1 heterocycles. The van der Waals surface area contributed by atoms with Crippen LogP contribution in [0.25, 0.3) is 0 Å². The van der Waals surface area contributed by atoms with Gasteiger partial charge >= 0.3 is 0 Å². The summed E-state index contributed by atoms with van der Waals surface area (Å²) in [4.78, 5) is 15.6. The summed E-state index contributed by atoms with van der Waals surface area (Å²) in [6.07, 6.45) is 0.878. The summed E-state index contributed by atoms with van der Waals surface area (Å²) in [5.74, 6) is 0.358. The van der Waals surface area contributed by atoms with E-state index in [4.69, 9.17) is 0 Å². The lowest BCUT2D eigenvalue weighted by Crippen LogP contribution is -2.33. The number of hydrogen-bond donors (Lipinski definition) is 0. The third-order valence-corrected chi connectivity index (χ3v) is 6.43. The molecule has 0 spiro atoms. The second kappa shape index (κ2) is 6.90. The van der Waals surface area contributed by atoms with Gasteiger partial charge in [-0.05, 0) is 60.2 Å². The summed E-state index contributed by atoms with van der Waals surface area (Å²) < 4.78 is 0. The number of hydrogen-bond acceptors (Lipinski definition) is 2. The number of amides is 1. The lowest BCUT2D eigenvalue weighted by Gasteiger charge is -2.34. The normalized spacial score (nSPS) is 22.7. The molecule has 3 atom stereocenters. The van der Waals surface area contributed by atoms with Crippen LogP contribution in [0.15, 0.2) is 72.8 Å². The Bertz CT molecular complexity index is 1110. The molecule has 0 N–H and O–H groups in total. The van der Waals surface area contributed by atoms with Crippen LogP contribution in [0.1, 0.15) is 33.7 Å². The molecule has 142 valence electrons. The highest BCUT2D eigenvalue weighted by Gasteiger charge is 2.49. The smallest absolute Gasteiger partial charge is 0.231 e. The van der Waals surface area contributed by atoms with Gasteiger partial charge in [0.05, 0.1) is 17.6 Å². The molecular formula is C26H22N2O. The highest BCUT2D eigenvalue weighted by molar-refractivity contribution is 5.99. The number of rotatable bonds is 2. The van der Waals surface area contributed by atoms with E-state index in [0.717, 1.165) is 29.8 Å². The average Bonchev–Trinajstić information content (AvgIpc) is 3.09. The second-order valence-electron chi connectivity index (χ2n) is 8.19. The third kappa shape index (κ3) is 2.93. The number of fused-ring (bicyclic) bond motifs is 2. The number of benzene rings is 3. The van der Waals surface area contributed by atoms with Crippen LogP contribution < -0.4 is 4.90 Å². The fourth-order valence-corrected chi connectivity index (χ4v) is 5.05. The van der Waals surface area contributed by atoms with Gasteiger partial charge in [-0.15, -0.1) is 0 Å². The standard InChI is InChI=1S/C26H22N2O/c1-17-7-11-22(12-8-17)28-16-21-14-20-10-9-18(15-27)13-23(20)24(25(21)26(28)29)19-5-3-2-4-6-19/h2-13,21,24-25H,14,16H2,1H3/t21-,24-,25-/m1/s1. The van der Waals surface area contributed by atoms with Crippen molar-refractivity contribution in [2.75, 3.05) is 11.4 Å². The van der Waals surface area contributed by atoms with E-state index in [1.807, 2.05) is 47.4 Å². The quantitative estimate of drug-likeness (QED) is 0.641. The molecule has 1 saturated heterocycles. The number of nitrogens with zero attached hydrogens (tertiary/aromatic N) is 2. The molecule has 1 aliphatic carbocycles. The van der Waals surface area contributed by atoms with Gasteiger partial charge in [0.1, 0.15) is 0 Å². The predicted octanol–water partition coefficient (Wildman–Crippen LogP) is 4.83. The van der Waals surface area contributed by atoms with E-state index in [1.165, 1.54) is 11.1 Å². The molecule has 0 unspecified atom stereocenters. The van der Waals surface area contributed by atoms with Crippen molar-refractivity contribution >= 4 is 11.6 Å². The van der Waals surface area contributed by atoms with Crippen molar-refractivity contribution in [3.8, 4) is 6.07 Å². The van der Waals surface area contributed by atoms with Crippen LogP contribution in [0.5, 0.6) is 0 Å². The van der Waals surface area contributed by atoms with Crippen molar-refractivity contribution in [2.24, 2.45) is 11.8 Å². The first-order valence-electron chi connectivity index (χ1n) is 10.1. The number of carbonyl (C=O) groups is 1. The molecule has 29 heavy (non-hydrogen) atoms. The molecular weight excluding hydrogens is 356 g/mol. The monoisotopic (exact) mass is 378 g/mol. The van der Waals surface area contributed by atoms with E-state index in [-0.39, 0.29) is 23.7 Å². The topological polar surface area (TPSA) is 44.1 Å². The van der Waals surface area contributed by atoms with Crippen LogP contribution in [0.3, 0.4) is 0 Å². The van der Waals surface area contributed by atoms with Gasteiger partial charge in [-0.2, -0.15) is 5.26 Å². The fraction of sp³-hybridized carbons (Fsp3) is 0.231. The first-order valence-corrected chi connectivity index (χ1v) is 10.1. The van der Waals surface area contributed by atoms with Crippen LogP contribution in [-0.4, -0.2) is 12.5 Å². The van der Waals surface area contributed by atoms with Gasteiger partial charge in [-0.25, -0.2) is 0 Å². The summed E-state index contributed by atoms with van der Waals surface area (Å²) >= 11 is 0. The van der Waals surface area contributed by atoms with Crippen LogP contribution in [0, 0.1) is 30.1 Å². The Labute approximate surface area is 171 Å². The summed E-state index contributed by atoms with van der Waals surface area (Å²) in [6.45, 7) is 2.81. The van der Waals surface area contributed by atoms with Gasteiger partial charge in [-0.3, -0.25) is 4.79 Å². The zero-order valence-electron chi connectivity index (χ0n) is 16.4.